The van der Waals surface area contributed by atoms with Crippen molar-refractivity contribution in [2.75, 3.05) is 0 Å². The summed E-state index contributed by atoms with van der Waals surface area (Å²) in [5.74, 6) is 0. The van der Waals surface area contributed by atoms with Crippen molar-refractivity contribution in [3.63, 3.8) is 0 Å². The van der Waals surface area contributed by atoms with E-state index in [4.69, 9.17) is 5.73 Å². The fraction of sp³-hybridized carbons (Fsp3) is 0.714. The average Bonchev–Trinajstić information content (AvgIpc) is 2.53. The van der Waals surface area contributed by atoms with Crippen molar-refractivity contribution in [3.05, 3.63) is 23.0 Å². The Labute approximate surface area is 97.8 Å². The van der Waals surface area contributed by atoms with Gasteiger partial charge in [-0.05, 0) is 64.0 Å². The molecule has 0 aromatic carbocycles. The normalized spacial score (nSPS) is 27.3. The Morgan fingerprint density at radius 1 is 1.38 bits per heavy atom. The number of nitrogens with zero attached hydrogens (tertiary/aromatic N) is 1. The van der Waals surface area contributed by atoms with E-state index in [1.807, 2.05) is 0 Å². The summed E-state index contributed by atoms with van der Waals surface area (Å²) >= 11 is 0. The van der Waals surface area contributed by atoms with Crippen molar-refractivity contribution in [3.8, 4) is 0 Å². The van der Waals surface area contributed by atoms with Gasteiger partial charge >= 0.3 is 0 Å². The Kier molecular flexibility index (Phi) is 2.19. The van der Waals surface area contributed by atoms with Gasteiger partial charge in [0.1, 0.15) is 0 Å². The van der Waals surface area contributed by atoms with Gasteiger partial charge in [-0.2, -0.15) is 0 Å². The van der Waals surface area contributed by atoms with Gasteiger partial charge in [0.05, 0.1) is 0 Å². The number of nitrogens with two attached hydrogens (primary N) is 1. The summed E-state index contributed by atoms with van der Waals surface area (Å²) in [6.45, 7) is 4.65. The first-order valence-electron chi connectivity index (χ1n) is 6.59. The third kappa shape index (κ3) is 1.29. The second-order valence-electron chi connectivity index (χ2n) is 5.87. The van der Waals surface area contributed by atoms with Crippen molar-refractivity contribution in [1.82, 2.24) is 4.57 Å². The maximum Gasteiger partial charge on any atom is 0.0417 e. The molecule has 2 N–H and O–H groups in total. The maximum atomic E-state index is 6.22. The molecule has 1 atom stereocenters. The SMILES string of the molecule is Cc1cc2c(n1C1(C)CCC1)CCCC2N. The van der Waals surface area contributed by atoms with Crippen LogP contribution < -0.4 is 5.73 Å². The predicted octanol–water partition coefficient (Wildman–Crippen LogP) is 3.03. The molecule has 1 saturated carbocycles. The Hall–Kier alpha value is -0.760. The van der Waals surface area contributed by atoms with Gasteiger partial charge in [-0.3, -0.25) is 0 Å². The minimum Gasteiger partial charge on any atom is -0.343 e. The monoisotopic (exact) mass is 218 g/mol. The molecular formula is C14H22N2. The quantitative estimate of drug-likeness (QED) is 0.771. The van der Waals surface area contributed by atoms with Gasteiger partial charge < -0.3 is 10.3 Å². The van der Waals surface area contributed by atoms with E-state index < -0.39 is 0 Å². The van der Waals surface area contributed by atoms with E-state index in [9.17, 15) is 0 Å². The lowest BCUT2D eigenvalue weighted by Crippen LogP contribution is -2.39. The van der Waals surface area contributed by atoms with Crippen molar-refractivity contribution < 1.29 is 0 Å². The Morgan fingerprint density at radius 3 is 2.75 bits per heavy atom. The highest BCUT2D eigenvalue weighted by atomic mass is 15.1. The molecule has 88 valence electrons. The Morgan fingerprint density at radius 2 is 2.12 bits per heavy atom. The van der Waals surface area contributed by atoms with Crippen LogP contribution in [-0.4, -0.2) is 4.57 Å². The van der Waals surface area contributed by atoms with E-state index in [0.29, 0.717) is 5.54 Å². The average molecular weight is 218 g/mol. The van der Waals surface area contributed by atoms with Crippen LogP contribution in [0.3, 0.4) is 0 Å². The van der Waals surface area contributed by atoms with Gasteiger partial charge in [-0.15, -0.1) is 0 Å². The minimum absolute atomic E-state index is 0.285. The van der Waals surface area contributed by atoms with Gasteiger partial charge in [0.25, 0.3) is 0 Å². The zero-order valence-electron chi connectivity index (χ0n) is 10.4. The van der Waals surface area contributed by atoms with E-state index in [2.05, 4.69) is 24.5 Å². The van der Waals surface area contributed by atoms with Crippen LogP contribution in [0, 0.1) is 6.92 Å². The Balaban J connectivity index is 2.11. The van der Waals surface area contributed by atoms with Crippen molar-refractivity contribution in [2.45, 2.75) is 64.0 Å². The number of aryl methyl sites for hydroxylation is 1. The van der Waals surface area contributed by atoms with Crippen molar-refractivity contribution in [2.24, 2.45) is 5.73 Å². The molecule has 2 nitrogen and oxygen atoms in total. The fourth-order valence-electron chi connectivity index (χ4n) is 3.60. The number of aromatic nitrogens is 1. The first kappa shape index (κ1) is 10.4. The molecule has 3 rings (SSSR count). The van der Waals surface area contributed by atoms with Gasteiger partial charge in [-0.25, -0.2) is 0 Å². The summed E-state index contributed by atoms with van der Waals surface area (Å²) < 4.78 is 2.60. The first-order chi connectivity index (χ1) is 7.62. The van der Waals surface area contributed by atoms with Crippen LogP contribution >= 0.6 is 0 Å². The Bertz CT molecular complexity index is 413. The van der Waals surface area contributed by atoms with E-state index in [1.54, 1.807) is 5.69 Å². The predicted molar refractivity (Wildman–Crippen MR) is 66.5 cm³/mol. The lowest BCUT2D eigenvalue weighted by molar-refractivity contribution is 0.160. The number of hydrogen-bond donors (Lipinski definition) is 1. The highest BCUT2D eigenvalue weighted by molar-refractivity contribution is 5.34. The fourth-order valence-corrected chi connectivity index (χ4v) is 3.60. The van der Waals surface area contributed by atoms with Crippen LogP contribution in [0.15, 0.2) is 6.07 Å². The largest absolute Gasteiger partial charge is 0.343 e. The van der Waals surface area contributed by atoms with E-state index in [0.717, 1.165) is 6.42 Å². The van der Waals surface area contributed by atoms with Crippen molar-refractivity contribution >= 4 is 0 Å². The second-order valence-corrected chi connectivity index (χ2v) is 5.87. The minimum atomic E-state index is 0.285. The third-order valence-electron chi connectivity index (χ3n) is 4.62. The van der Waals surface area contributed by atoms with Gasteiger partial charge in [0.15, 0.2) is 0 Å². The number of hydrogen-bond acceptors (Lipinski definition) is 1. The standard InChI is InChI=1S/C14H22N2/c1-10-9-11-12(15)5-3-6-13(11)16(10)14(2)7-4-8-14/h9,12H,3-8,15H2,1-2H3. The molecule has 0 amide bonds. The van der Waals surface area contributed by atoms with E-state index in [-0.39, 0.29) is 6.04 Å². The molecule has 0 bridgehead atoms. The molecule has 0 radical (unpaired) electrons. The molecular weight excluding hydrogens is 196 g/mol. The van der Waals surface area contributed by atoms with Crippen LogP contribution in [0.4, 0.5) is 0 Å². The van der Waals surface area contributed by atoms with Crippen LogP contribution in [0.5, 0.6) is 0 Å². The molecule has 0 saturated heterocycles. The number of rotatable bonds is 1. The molecule has 16 heavy (non-hydrogen) atoms. The molecule has 2 aliphatic carbocycles. The van der Waals surface area contributed by atoms with Crippen LogP contribution in [0.2, 0.25) is 0 Å². The van der Waals surface area contributed by atoms with Gasteiger partial charge in [0.2, 0.25) is 0 Å². The van der Waals surface area contributed by atoms with E-state index in [1.165, 1.54) is 43.4 Å². The molecule has 1 aromatic rings. The van der Waals surface area contributed by atoms with Gasteiger partial charge in [-0.1, -0.05) is 0 Å². The molecule has 2 aliphatic rings. The maximum absolute atomic E-state index is 6.22. The smallest absolute Gasteiger partial charge is 0.0417 e. The number of fused-ring (bicyclic) bond motifs is 1. The zero-order chi connectivity index (χ0) is 11.3. The molecule has 1 heterocycles. The summed E-state index contributed by atoms with van der Waals surface area (Å²) in [6, 6.07) is 2.62. The zero-order valence-corrected chi connectivity index (χ0v) is 10.4. The molecule has 1 unspecified atom stereocenters. The van der Waals surface area contributed by atoms with Gasteiger partial charge in [0, 0.05) is 23.0 Å². The second kappa shape index (κ2) is 3.36. The summed E-state index contributed by atoms with van der Waals surface area (Å²) in [4.78, 5) is 0. The topological polar surface area (TPSA) is 30.9 Å². The molecule has 0 aliphatic heterocycles. The van der Waals surface area contributed by atoms with Crippen molar-refractivity contribution in [1.29, 1.82) is 0 Å². The molecule has 1 aromatic heterocycles. The first-order valence-corrected chi connectivity index (χ1v) is 6.59. The third-order valence-corrected chi connectivity index (χ3v) is 4.62. The van der Waals surface area contributed by atoms with Crippen LogP contribution in [0.1, 0.15) is 62.0 Å². The summed E-state index contributed by atoms with van der Waals surface area (Å²) in [5, 5.41) is 0. The lowest BCUT2D eigenvalue weighted by Gasteiger charge is -2.43. The molecule has 1 fully saturated rings. The highest BCUT2D eigenvalue weighted by Gasteiger charge is 2.37. The summed E-state index contributed by atoms with van der Waals surface area (Å²) in [5.41, 5.74) is 11.0. The summed E-state index contributed by atoms with van der Waals surface area (Å²) in [7, 11) is 0. The van der Waals surface area contributed by atoms with Crippen LogP contribution in [-0.2, 0) is 12.0 Å². The molecule has 0 spiro atoms. The summed E-state index contributed by atoms with van der Waals surface area (Å²) in [6.07, 6.45) is 7.71. The highest BCUT2D eigenvalue weighted by Crippen LogP contribution is 2.43. The lowest BCUT2D eigenvalue weighted by atomic mass is 9.77. The van der Waals surface area contributed by atoms with E-state index >= 15 is 0 Å². The molecule has 2 heteroatoms. The van der Waals surface area contributed by atoms with Crippen LogP contribution in [0.25, 0.3) is 0 Å².